The Kier molecular flexibility index (Phi) is 10.3. The van der Waals surface area contributed by atoms with Crippen molar-refractivity contribution in [3.05, 3.63) is 30.3 Å². The molecule has 0 aliphatic rings. The molecule has 0 saturated carbocycles. The van der Waals surface area contributed by atoms with Gasteiger partial charge >= 0.3 is 26.6 Å². The smallest absolute Gasteiger partial charge is 0.507 e. The van der Waals surface area contributed by atoms with Crippen LogP contribution in [0.2, 0.25) is 0 Å². The number of benzene rings is 1. The fraction of sp³-hybridized carbons (Fsp3) is 0.429. The first kappa shape index (κ1) is 20.1. The molecule has 0 heterocycles. The van der Waals surface area contributed by atoms with Crippen LogP contribution in [0.3, 0.4) is 0 Å². The van der Waals surface area contributed by atoms with Gasteiger partial charge in [0.2, 0.25) is 0 Å². The quantitative estimate of drug-likeness (QED) is 0.232. The summed E-state index contributed by atoms with van der Waals surface area (Å²) in [5, 5.41) is 0. The summed E-state index contributed by atoms with van der Waals surface area (Å²) in [6, 6.07) is 12.9. The molecule has 5 nitrogen and oxygen atoms in total. The molecule has 7 heteroatoms. The molecule has 0 spiro atoms. The second kappa shape index (κ2) is 10.8. The van der Waals surface area contributed by atoms with Crippen molar-refractivity contribution in [2.24, 2.45) is 0 Å². The van der Waals surface area contributed by atoms with E-state index >= 15 is 0 Å². The van der Waals surface area contributed by atoms with Crippen LogP contribution in [0, 0.1) is 18.0 Å². The Morgan fingerprint density at radius 1 is 1.29 bits per heavy atom. The van der Waals surface area contributed by atoms with E-state index in [1.54, 1.807) is 33.0 Å². The van der Waals surface area contributed by atoms with Crippen LogP contribution in [0.15, 0.2) is 24.3 Å². The summed E-state index contributed by atoms with van der Waals surface area (Å²) in [5.74, 6) is 3.37. The van der Waals surface area contributed by atoms with Crippen LogP contribution in [0.1, 0.15) is 13.8 Å². The molecule has 0 fully saturated rings. The van der Waals surface area contributed by atoms with Crippen LogP contribution < -0.4 is 23.6 Å². The molecule has 21 heavy (non-hydrogen) atoms. The zero-order valence-corrected chi connectivity index (χ0v) is 13.9. The van der Waals surface area contributed by atoms with Gasteiger partial charge in [0.25, 0.3) is 0 Å². The molecule has 0 bridgehead atoms. The van der Waals surface area contributed by atoms with E-state index in [9.17, 15) is 4.57 Å². The van der Waals surface area contributed by atoms with Crippen molar-refractivity contribution in [3.8, 4) is 17.7 Å². The molecular formula is C14H19LiNO4P. The molecule has 0 aliphatic heterocycles. The zero-order chi connectivity index (χ0) is 14.8. The third kappa shape index (κ3) is 7.09. The maximum absolute atomic E-state index is 12.3. The van der Waals surface area contributed by atoms with E-state index in [1.807, 2.05) is 12.1 Å². The number of rotatable bonds is 7. The van der Waals surface area contributed by atoms with Gasteiger partial charge in [0.1, 0.15) is 6.61 Å². The first-order valence-corrected chi connectivity index (χ1v) is 7.83. The molecule has 1 rings (SSSR count). The number of hydrogen-bond acceptors (Lipinski definition) is 4. The molecule has 0 aliphatic carbocycles. The average molecular weight is 303 g/mol. The van der Waals surface area contributed by atoms with E-state index in [0.29, 0.717) is 19.0 Å². The third-order valence-corrected chi connectivity index (χ3v) is 4.18. The maximum Gasteiger partial charge on any atom is 1.00 e. The topological polar surface area (TPSA) is 48.0 Å². The number of nitrogens with zero attached hydrogens (tertiary/aromatic N) is 1. The Balaban J connectivity index is 0.00000400. The molecule has 0 amide bonds. The minimum Gasteiger partial charge on any atom is -0.507 e. The van der Waals surface area contributed by atoms with Crippen molar-refractivity contribution in [1.82, 2.24) is 4.67 Å². The van der Waals surface area contributed by atoms with Gasteiger partial charge in [-0.2, -0.15) is 18.2 Å². The number of ether oxygens (including phenoxy) is 1. The van der Waals surface area contributed by atoms with Crippen molar-refractivity contribution in [2.45, 2.75) is 13.8 Å². The molecule has 0 atom stereocenters. The summed E-state index contributed by atoms with van der Waals surface area (Å²) >= 11 is 0. The van der Waals surface area contributed by atoms with Gasteiger partial charge in [-0.25, -0.2) is 9.24 Å². The second-order valence-electron chi connectivity index (χ2n) is 3.63. The minimum atomic E-state index is -3.33. The van der Waals surface area contributed by atoms with Gasteiger partial charge in [-0.05, 0) is 19.8 Å². The number of hydrogen-bond donors (Lipinski definition) is 0. The van der Waals surface area contributed by atoms with E-state index in [-0.39, 0.29) is 25.5 Å². The summed E-state index contributed by atoms with van der Waals surface area (Å²) < 4.78 is 29.2. The van der Waals surface area contributed by atoms with Gasteiger partial charge in [0.05, 0.1) is 13.2 Å². The van der Waals surface area contributed by atoms with E-state index in [1.165, 1.54) is 4.67 Å². The first-order chi connectivity index (χ1) is 9.62. The SMILES string of the molecule is CCOP(=O)(OCC)N(C)C#CCOc1[c-]cccc1.[Li+]. The fourth-order valence-electron chi connectivity index (χ4n) is 1.33. The Morgan fingerprint density at radius 2 is 1.95 bits per heavy atom. The van der Waals surface area contributed by atoms with Crippen LogP contribution in [0.4, 0.5) is 0 Å². The van der Waals surface area contributed by atoms with Crippen molar-refractivity contribution in [2.75, 3.05) is 26.9 Å². The van der Waals surface area contributed by atoms with Gasteiger partial charge < -0.3 is 4.74 Å². The molecule has 0 aromatic heterocycles. The molecule has 0 saturated heterocycles. The third-order valence-electron chi connectivity index (χ3n) is 2.17. The second-order valence-corrected chi connectivity index (χ2v) is 5.69. The monoisotopic (exact) mass is 303 g/mol. The average Bonchev–Trinajstić information content (AvgIpc) is 2.45. The minimum absolute atomic E-state index is 0. The Hall–Kier alpha value is -0.873. The molecule has 1 aromatic rings. The van der Waals surface area contributed by atoms with Gasteiger partial charge in [-0.3, -0.25) is 9.05 Å². The first-order valence-electron chi connectivity index (χ1n) is 6.33. The molecule has 0 unspecified atom stereocenters. The van der Waals surface area contributed by atoms with E-state index in [0.717, 1.165) is 0 Å². The molecule has 110 valence electrons. The Morgan fingerprint density at radius 3 is 2.48 bits per heavy atom. The van der Waals surface area contributed by atoms with Gasteiger partial charge in [0.15, 0.2) is 0 Å². The number of para-hydroxylation sites is 1. The summed E-state index contributed by atoms with van der Waals surface area (Å²) in [4.78, 5) is 0. The predicted octanol–water partition coefficient (Wildman–Crippen LogP) is -0.0566. The zero-order valence-electron chi connectivity index (χ0n) is 13.0. The molecular weight excluding hydrogens is 284 g/mol. The molecule has 0 radical (unpaired) electrons. The molecule has 1 aromatic carbocycles. The van der Waals surface area contributed by atoms with Crippen LogP contribution in [0.5, 0.6) is 5.75 Å². The fourth-order valence-corrected chi connectivity index (χ4v) is 2.59. The molecule has 0 N–H and O–H groups in total. The Labute approximate surface area is 138 Å². The van der Waals surface area contributed by atoms with Crippen LogP contribution >= 0.6 is 7.75 Å². The van der Waals surface area contributed by atoms with Crippen molar-refractivity contribution >= 4 is 7.75 Å². The summed E-state index contributed by atoms with van der Waals surface area (Å²) in [7, 11) is -1.76. The maximum atomic E-state index is 12.3. The van der Waals surface area contributed by atoms with Crippen molar-refractivity contribution in [1.29, 1.82) is 0 Å². The largest absolute Gasteiger partial charge is 1.00 e. The standard InChI is InChI=1S/C14H19NO4P.Li/c1-4-18-20(16,19-5-2)15(3)12-9-13-17-14-10-7-6-8-11-14;/h6-8,10H,4-5,13H2,1-3H3;/q-1;+1. The van der Waals surface area contributed by atoms with Gasteiger partial charge in [0, 0.05) is 18.8 Å². The van der Waals surface area contributed by atoms with E-state index in [4.69, 9.17) is 13.8 Å². The van der Waals surface area contributed by atoms with Crippen LogP contribution in [-0.4, -0.2) is 31.5 Å². The summed E-state index contributed by atoms with van der Waals surface area (Å²) in [6.45, 7) is 4.25. The van der Waals surface area contributed by atoms with E-state index in [2.05, 4.69) is 18.0 Å². The van der Waals surface area contributed by atoms with Crippen molar-refractivity contribution in [3.63, 3.8) is 0 Å². The summed E-state index contributed by atoms with van der Waals surface area (Å²) in [5.41, 5.74) is 0. The summed E-state index contributed by atoms with van der Waals surface area (Å²) in [6.07, 6.45) is 0. The van der Waals surface area contributed by atoms with Crippen LogP contribution in [-0.2, 0) is 13.6 Å². The van der Waals surface area contributed by atoms with Crippen LogP contribution in [0.25, 0.3) is 0 Å². The van der Waals surface area contributed by atoms with Gasteiger partial charge in [-0.1, -0.05) is 0 Å². The normalized spacial score (nSPS) is 10.0. The van der Waals surface area contributed by atoms with Crippen molar-refractivity contribution < 1.29 is 37.2 Å². The predicted molar refractivity (Wildman–Crippen MR) is 77.2 cm³/mol. The van der Waals surface area contributed by atoms with E-state index < -0.39 is 7.75 Å². The van der Waals surface area contributed by atoms with Gasteiger partial charge in [-0.15, -0.1) is 12.1 Å². The Bertz CT molecular complexity index is 491.